The lowest BCUT2D eigenvalue weighted by Crippen LogP contribution is -2.31. The Morgan fingerprint density at radius 3 is 2.14 bits per heavy atom. The number of benzene rings is 1. The highest BCUT2D eigenvalue weighted by Gasteiger charge is 2.31. The Labute approximate surface area is 124 Å². The van der Waals surface area contributed by atoms with Crippen LogP contribution in [-0.4, -0.2) is 49.9 Å². The molecule has 21 heavy (non-hydrogen) atoms. The fourth-order valence-corrected chi connectivity index (χ4v) is 2.36. The van der Waals surface area contributed by atoms with Crippen LogP contribution >= 0.6 is 0 Å². The van der Waals surface area contributed by atoms with E-state index in [2.05, 4.69) is 0 Å². The Bertz CT molecular complexity index is 488. The summed E-state index contributed by atoms with van der Waals surface area (Å²) in [6.45, 7) is 0.496. The molecule has 1 aliphatic carbocycles. The number of rotatable bonds is 8. The molecular formula is C15H21NO5. The van der Waals surface area contributed by atoms with Crippen molar-refractivity contribution in [1.29, 1.82) is 0 Å². The van der Waals surface area contributed by atoms with E-state index in [1.165, 1.54) is 0 Å². The third-order valence-corrected chi connectivity index (χ3v) is 3.58. The number of hydrogen-bond donors (Lipinski definition) is 1. The van der Waals surface area contributed by atoms with Gasteiger partial charge < -0.3 is 19.3 Å². The molecule has 0 heterocycles. The smallest absolute Gasteiger partial charge is 0.317 e. The topological polar surface area (TPSA) is 68.2 Å². The molecule has 116 valence electrons. The molecule has 0 saturated heterocycles. The van der Waals surface area contributed by atoms with Crippen molar-refractivity contribution in [1.82, 2.24) is 4.90 Å². The minimum absolute atomic E-state index is 0.0169. The Morgan fingerprint density at radius 1 is 1.19 bits per heavy atom. The molecule has 2 rings (SSSR count). The molecule has 1 aliphatic rings. The van der Waals surface area contributed by atoms with Gasteiger partial charge in [-0.2, -0.15) is 0 Å². The summed E-state index contributed by atoms with van der Waals surface area (Å²) in [7, 11) is 4.74. The van der Waals surface area contributed by atoms with E-state index in [1.807, 2.05) is 4.90 Å². The van der Waals surface area contributed by atoms with Gasteiger partial charge in [0, 0.05) is 24.7 Å². The first-order valence-electron chi connectivity index (χ1n) is 6.83. The van der Waals surface area contributed by atoms with Gasteiger partial charge in [0.1, 0.15) is 17.2 Å². The number of carbonyl (C=O) groups is 1. The minimum Gasteiger partial charge on any atom is -0.496 e. The lowest BCUT2D eigenvalue weighted by atomic mass is 10.1. The van der Waals surface area contributed by atoms with E-state index < -0.39 is 5.97 Å². The standard InChI is InChI=1S/C15H21NO5/c1-19-11-6-13(20-2)12(14(7-11)21-3)8-16(9-15(17)18)10-4-5-10/h6-7,10H,4-5,8-9H2,1-3H3,(H,17,18). The summed E-state index contributed by atoms with van der Waals surface area (Å²) in [5.74, 6) is 1.10. The normalized spacial score (nSPS) is 14.1. The molecule has 0 aromatic heterocycles. The monoisotopic (exact) mass is 295 g/mol. The SMILES string of the molecule is COc1cc(OC)c(CN(CC(=O)O)C2CC2)c(OC)c1. The van der Waals surface area contributed by atoms with Crippen LogP contribution < -0.4 is 14.2 Å². The molecule has 1 saturated carbocycles. The summed E-state index contributed by atoms with van der Waals surface area (Å²) in [5, 5.41) is 9.05. The first kappa shape index (κ1) is 15.4. The summed E-state index contributed by atoms with van der Waals surface area (Å²) in [6, 6.07) is 3.89. The molecule has 6 nitrogen and oxygen atoms in total. The van der Waals surface area contributed by atoms with Crippen LogP contribution in [-0.2, 0) is 11.3 Å². The first-order valence-corrected chi connectivity index (χ1v) is 6.83. The quantitative estimate of drug-likeness (QED) is 0.788. The van der Waals surface area contributed by atoms with Gasteiger partial charge in [-0.25, -0.2) is 0 Å². The lowest BCUT2D eigenvalue weighted by Gasteiger charge is -2.23. The van der Waals surface area contributed by atoms with Crippen molar-refractivity contribution in [3.8, 4) is 17.2 Å². The van der Waals surface area contributed by atoms with Crippen LogP contribution in [0.25, 0.3) is 0 Å². The maximum absolute atomic E-state index is 11.0. The molecule has 0 radical (unpaired) electrons. The predicted octanol–water partition coefficient (Wildman–Crippen LogP) is 1.76. The largest absolute Gasteiger partial charge is 0.496 e. The minimum atomic E-state index is -0.826. The van der Waals surface area contributed by atoms with Crippen molar-refractivity contribution in [3.63, 3.8) is 0 Å². The summed E-state index contributed by atoms with van der Waals surface area (Å²) in [4.78, 5) is 13.0. The maximum Gasteiger partial charge on any atom is 0.317 e. The van der Waals surface area contributed by atoms with E-state index in [-0.39, 0.29) is 6.54 Å². The van der Waals surface area contributed by atoms with Crippen LogP contribution in [0.2, 0.25) is 0 Å². The summed E-state index contributed by atoms with van der Waals surface area (Å²) >= 11 is 0. The second-order valence-electron chi connectivity index (χ2n) is 5.04. The second kappa shape index (κ2) is 6.67. The molecule has 6 heteroatoms. The van der Waals surface area contributed by atoms with E-state index in [0.29, 0.717) is 29.8 Å². The van der Waals surface area contributed by atoms with Crippen LogP contribution in [0.3, 0.4) is 0 Å². The number of methoxy groups -OCH3 is 3. The molecule has 0 bridgehead atoms. The molecule has 1 aromatic carbocycles. The average molecular weight is 295 g/mol. The van der Waals surface area contributed by atoms with E-state index >= 15 is 0 Å². The van der Waals surface area contributed by atoms with E-state index in [1.54, 1.807) is 33.5 Å². The van der Waals surface area contributed by atoms with Crippen LogP contribution in [0.15, 0.2) is 12.1 Å². The van der Waals surface area contributed by atoms with Crippen molar-refractivity contribution in [2.24, 2.45) is 0 Å². The van der Waals surface area contributed by atoms with Gasteiger partial charge in [0.2, 0.25) is 0 Å². The molecule has 0 atom stereocenters. The Hall–Kier alpha value is -1.95. The highest BCUT2D eigenvalue weighted by molar-refractivity contribution is 5.69. The molecule has 0 spiro atoms. The number of ether oxygens (including phenoxy) is 3. The number of nitrogens with zero attached hydrogens (tertiary/aromatic N) is 1. The van der Waals surface area contributed by atoms with Crippen LogP contribution in [0.5, 0.6) is 17.2 Å². The number of aliphatic carboxylic acids is 1. The fraction of sp³-hybridized carbons (Fsp3) is 0.533. The summed E-state index contributed by atoms with van der Waals surface area (Å²) in [5.41, 5.74) is 0.842. The number of carboxylic acids is 1. The van der Waals surface area contributed by atoms with Crippen LogP contribution in [0.1, 0.15) is 18.4 Å². The van der Waals surface area contributed by atoms with E-state index in [9.17, 15) is 4.79 Å². The van der Waals surface area contributed by atoms with Gasteiger partial charge in [0.25, 0.3) is 0 Å². The molecular weight excluding hydrogens is 274 g/mol. The van der Waals surface area contributed by atoms with Crippen molar-refractivity contribution < 1.29 is 24.1 Å². The van der Waals surface area contributed by atoms with Gasteiger partial charge >= 0.3 is 5.97 Å². The summed E-state index contributed by atoms with van der Waals surface area (Å²) < 4.78 is 16.0. The highest BCUT2D eigenvalue weighted by atomic mass is 16.5. The second-order valence-corrected chi connectivity index (χ2v) is 5.04. The van der Waals surface area contributed by atoms with Crippen LogP contribution in [0, 0.1) is 0 Å². The molecule has 1 fully saturated rings. The zero-order valence-corrected chi connectivity index (χ0v) is 12.6. The van der Waals surface area contributed by atoms with Gasteiger partial charge in [-0.1, -0.05) is 0 Å². The van der Waals surface area contributed by atoms with Crippen LogP contribution in [0.4, 0.5) is 0 Å². The van der Waals surface area contributed by atoms with Crippen molar-refractivity contribution >= 4 is 5.97 Å². The average Bonchev–Trinajstić information content (AvgIpc) is 3.30. The van der Waals surface area contributed by atoms with Crippen molar-refractivity contribution in [3.05, 3.63) is 17.7 Å². The van der Waals surface area contributed by atoms with Gasteiger partial charge in [-0.05, 0) is 12.8 Å². The first-order chi connectivity index (χ1) is 10.1. The summed E-state index contributed by atoms with van der Waals surface area (Å²) in [6.07, 6.45) is 2.07. The van der Waals surface area contributed by atoms with Gasteiger partial charge in [-0.15, -0.1) is 0 Å². The van der Waals surface area contributed by atoms with E-state index in [4.69, 9.17) is 19.3 Å². The predicted molar refractivity (Wildman–Crippen MR) is 77.2 cm³/mol. The Kier molecular flexibility index (Phi) is 4.90. The van der Waals surface area contributed by atoms with Crippen molar-refractivity contribution in [2.45, 2.75) is 25.4 Å². The fourth-order valence-electron chi connectivity index (χ4n) is 2.36. The van der Waals surface area contributed by atoms with Crippen molar-refractivity contribution in [2.75, 3.05) is 27.9 Å². The third-order valence-electron chi connectivity index (χ3n) is 3.58. The molecule has 0 unspecified atom stereocenters. The zero-order valence-electron chi connectivity index (χ0n) is 12.6. The maximum atomic E-state index is 11.0. The van der Waals surface area contributed by atoms with Gasteiger partial charge in [-0.3, -0.25) is 9.69 Å². The number of hydrogen-bond acceptors (Lipinski definition) is 5. The van der Waals surface area contributed by atoms with Gasteiger partial charge in [0.05, 0.1) is 33.4 Å². The lowest BCUT2D eigenvalue weighted by molar-refractivity contribution is -0.138. The molecule has 0 aliphatic heterocycles. The Balaban J connectivity index is 2.29. The Morgan fingerprint density at radius 2 is 1.76 bits per heavy atom. The number of carboxylic acid groups (broad SMARTS) is 1. The third kappa shape index (κ3) is 3.78. The van der Waals surface area contributed by atoms with E-state index in [0.717, 1.165) is 18.4 Å². The highest BCUT2D eigenvalue weighted by Crippen LogP contribution is 2.37. The molecule has 1 N–H and O–H groups in total. The zero-order chi connectivity index (χ0) is 15.4. The molecule has 1 aromatic rings. The van der Waals surface area contributed by atoms with Gasteiger partial charge in [0.15, 0.2) is 0 Å². The molecule has 0 amide bonds.